The summed E-state index contributed by atoms with van der Waals surface area (Å²) in [5, 5.41) is 7.12. The number of rotatable bonds is 5. The topological polar surface area (TPSA) is 106 Å². The molecule has 0 spiro atoms. The maximum absolute atomic E-state index is 13.0. The number of benzene rings is 1. The van der Waals surface area contributed by atoms with E-state index in [0.717, 1.165) is 5.69 Å². The first kappa shape index (κ1) is 26.9. The van der Waals surface area contributed by atoms with Crippen LogP contribution in [0.1, 0.15) is 33.6 Å². The van der Waals surface area contributed by atoms with Gasteiger partial charge >= 0.3 is 18.1 Å². The molecule has 0 radical (unpaired) electrons. The molecule has 32 heavy (non-hydrogen) atoms. The first-order chi connectivity index (χ1) is 14.7. The number of ether oxygens (including phenoxy) is 2. The third-order valence-corrected chi connectivity index (χ3v) is 4.23. The largest absolute Gasteiger partial charge is 0.497 e. The highest BCUT2D eigenvalue weighted by atomic mass is 19.4. The first-order valence-corrected chi connectivity index (χ1v) is 9.57. The highest BCUT2D eigenvalue weighted by Gasteiger charge is 2.38. The maximum atomic E-state index is 13.0. The lowest BCUT2D eigenvalue weighted by atomic mass is 9.91. The highest BCUT2D eigenvalue weighted by Crippen LogP contribution is 2.29. The van der Waals surface area contributed by atoms with E-state index in [1.54, 1.807) is 12.0 Å². The van der Waals surface area contributed by atoms with Crippen molar-refractivity contribution in [1.29, 1.82) is 0 Å². The molecular weight excluding hydrogens is 433 g/mol. The number of aliphatic imine (C=N–C) groups is 1. The SMILES string of the molecule is COC(=O)C1=NC[C@@H](N(C(=O)CC(C)(C)C)c2cccc(OC)c2)C1.O=C(O)C(F)(F)F. The molecular formula is C21H27F3N2O6. The average molecular weight is 460 g/mol. The molecule has 0 fully saturated rings. The summed E-state index contributed by atoms with van der Waals surface area (Å²) in [6.45, 7) is 6.47. The van der Waals surface area contributed by atoms with E-state index in [4.69, 9.17) is 19.4 Å². The average Bonchev–Trinajstić information content (AvgIpc) is 3.15. The number of hydrogen-bond acceptors (Lipinski definition) is 6. The molecule has 0 unspecified atom stereocenters. The summed E-state index contributed by atoms with van der Waals surface area (Å²) >= 11 is 0. The minimum Gasteiger partial charge on any atom is -0.497 e. The number of halogens is 3. The van der Waals surface area contributed by atoms with Gasteiger partial charge in [-0.3, -0.25) is 9.79 Å². The summed E-state index contributed by atoms with van der Waals surface area (Å²) in [4.78, 5) is 39.7. The van der Waals surface area contributed by atoms with Crippen molar-refractivity contribution in [2.75, 3.05) is 25.7 Å². The van der Waals surface area contributed by atoms with Crippen LogP contribution >= 0.6 is 0 Å². The van der Waals surface area contributed by atoms with Gasteiger partial charge in [0.15, 0.2) is 0 Å². The summed E-state index contributed by atoms with van der Waals surface area (Å²) in [6.07, 6.45) is -4.30. The van der Waals surface area contributed by atoms with E-state index >= 15 is 0 Å². The first-order valence-electron chi connectivity index (χ1n) is 9.57. The highest BCUT2D eigenvalue weighted by molar-refractivity contribution is 6.37. The Bertz CT molecular complexity index is 862. The van der Waals surface area contributed by atoms with Gasteiger partial charge in [0, 0.05) is 24.6 Å². The number of hydrogen-bond donors (Lipinski definition) is 1. The number of alkyl halides is 3. The Morgan fingerprint density at radius 2 is 1.78 bits per heavy atom. The van der Waals surface area contributed by atoms with Crippen molar-refractivity contribution in [2.45, 2.75) is 45.8 Å². The van der Waals surface area contributed by atoms with Gasteiger partial charge in [0.2, 0.25) is 5.91 Å². The van der Waals surface area contributed by atoms with Crippen molar-refractivity contribution in [3.63, 3.8) is 0 Å². The maximum Gasteiger partial charge on any atom is 0.490 e. The molecule has 1 atom stereocenters. The van der Waals surface area contributed by atoms with Gasteiger partial charge in [0.05, 0.1) is 26.8 Å². The zero-order valence-corrected chi connectivity index (χ0v) is 18.5. The monoisotopic (exact) mass is 460 g/mol. The lowest BCUT2D eigenvalue weighted by molar-refractivity contribution is -0.192. The van der Waals surface area contributed by atoms with Crippen LogP contribution in [0.5, 0.6) is 5.75 Å². The molecule has 0 bridgehead atoms. The smallest absolute Gasteiger partial charge is 0.490 e. The summed E-state index contributed by atoms with van der Waals surface area (Å²) < 4.78 is 41.8. The number of aliphatic carboxylic acids is 1. The standard InChI is InChI=1S/C19H26N2O4.C2HF3O2/c1-19(2,3)11-17(22)21(13-7-6-8-15(9-13)24-4)14-10-16(20-12-14)18(23)25-5;3-2(4,5)1(6)7/h6-9,14H,10-12H2,1-5H3;(H,6,7)/t14-;/m0./s1. The number of anilines is 1. The van der Waals surface area contributed by atoms with Crippen molar-refractivity contribution < 1.29 is 42.1 Å². The van der Waals surface area contributed by atoms with Crippen LogP contribution in [0.25, 0.3) is 0 Å². The molecule has 11 heteroatoms. The number of carboxylic acids is 1. The predicted octanol–water partition coefficient (Wildman–Crippen LogP) is 3.48. The third kappa shape index (κ3) is 8.20. The molecule has 1 aliphatic heterocycles. The van der Waals surface area contributed by atoms with Crippen molar-refractivity contribution in [3.8, 4) is 5.75 Å². The van der Waals surface area contributed by atoms with Gasteiger partial charge in [-0.05, 0) is 17.5 Å². The number of carbonyl (C=O) groups excluding carboxylic acids is 2. The Morgan fingerprint density at radius 3 is 2.25 bits per heavy atom. The fourth-order valence-corrected chi connectivity index (χ4v) is 2.86. The van der Waals surface area contributed by atoms with Crippen LogP contribution in [0.3, 0.4) is 0 Å². The number of esters is 1. The third-order valence-electron chi connectivity index (χ3n) is 4.23. The van der Waals surface area contributed by atoms with Crippen molar-refractivity contribution in [1.82, 2.24) is 0 Å². The Balaban J connectivity index is 0.000000633. The Labute approximate surface area is 184 Å². The summed E-state index contributed by atoms with van der Waals surface area (Å²) in [5.74, 6) is -2.51. The van der Waals surface area contributed by atoms with Crippen LogP contribution in [0.2, 0.25) is 0 Å². The second kappa shape index (κ2) is 11.0. The van der Waals surface area contributed by atoms with Gasteiger partial charge < -0.3 is 19.5 Å². The van der Waals surface area contributed by atoms with E-state index in [2.05, 4.69) is 4.99 Å². The number of methoxy groups -OCH3 is 2. The minimum atomic E-state index is -5.08. The molecule has 1 amide bonds. The number of carbonyl (C=O) groups is 3. The quantitative estimate of drug-likeness (QED) is 0.675. The molecule has 0 saturated carbocycles. The van der Waals surface area contributed by atoms with E-state index in [-0.39, 0.29) is 17.4 Å². The van der Waals surface area contributed by atoms with E-state index in [1.807, 2.05) is 45.0 Å². The predicted molar refractivity (Wildman–Crippen MR) is 111 cm³/mol. The van der Waals surface area contributed by atoms with E-state index in [0.29, 0.717) is 30.8 Å². The van der Waals surface area contributed by atoms with Crippen LogP contribution in [-0.2, 0) is 19.1 Å². The molecule has 2 rings (SSSR count). The zero-order chi connectivity index (χ0) is 24.7. The fraction of sp³-hybridized carbons (Fsp3) is 0.524. The number of amides is 1. The summed E-state index contributed by atoms with van der Waals surface area (Å²) in [7, 11) is 2.93. The van der Waals surface area contributed by atoms with Gasteiger partial charge in [-0.25, -0.2) is 9.59 Å². The molecule has 0 aromatic heterocycles. The molecule has 1 aromatic rings. The fourth-order valence-electron chi connectivity index (χ4n) is 2.86. The van der Waals surface area contributed by atoms with Gasteiger partial charge in [-0.1, -0.05) is 26.8 Å². The molecule has 1 aromatic carbocycles. The summed E-state index contributed by atoms with van der Waals surface area (Å²) in [5.41, 5.74) is 0.989. The molecule has 0 saturated heterocycles. The number of carboxylic acid groups (broad SMARTS) is 1. The molecule has 1 heterocycles. The van der Waals surface area contributed by atoms with Crippen molar-refractivity contribution in [2.24, 2.45) is 10.4 Å². The lowest BCUT2D eigenvalue weighted by Gasteiger charge is -2.31. The van der Waals surface area contributed by atoms with Gasteiger partial charge in [0.1, 0.15) is 11.5 Å². The molecule has 1 N–H and O–H groups in total. The second-order valence-electron chi connectivity index (χ2n) is 8.14. The van der Waals surface area contributed by atoms with Gasteiger partial charge in [-0.15, -0.1) is 0 Å². The van der Waals surface area contributed by atoms with Crippen molar-refractivity contribution >= 4 is 29.2 Å². The van der Waals surface area contributed by atoms with Crippen LogP contribution < -0.4 is 9.64 Å². The Kier molecular flexibility index (Phi) is 9.22. The number of nitrogens with zero attached hydrogens (tertiary/aromatic N) is 2. The van der Waals surface area contributed by atoms with Gasteiger partial charge in [0.25, 0.3) is 0 Å². The second-order valence-corrected chi connectivity index (χ2v) is 8.14. The van der Waals surface area contributed by atoms with Crippen LogP contribution in [0, 0.1) is 5.41 Å². The van der Waals surface area contributed by atoms with E-state index < -0.39 is 18.1 Å². The van der Waals surface area contributed by atoms with Crippen LogP contribution in [0.4, 0.5) is 18.9 Å². The summed E-state index contributed by atoms with van der Waals surface area (Å²) in [6, 6.07) is 7.19. The molecule has 178 valence electrons. The normalized spacial score (nSPS) is 15.8. The minimum absolute atomic E-state index is 0.00655. The van der Waals surface area contributed by atoms with Crippen LogP contribution in [-0.4, -0.2) is 61.6 Å². The Morgan fingerprint density at radius 1 is 1.19 bits per heavy atom. The molecule has 1 aliphatic rings. The molecule has 8 nitrogen and oxygen atoms in total. The zero-order valence-electron chi connectivity index (χ0n) is 18.5. The van der Waals surface area contributed by atoms with E-state index in [9.17, 15) is 22.8 Å². The lowest BCUT2D eigenvalue weighted by Crippen LogP contribution is -2.43. The van der Waals surface area contributed by atoms with Gasteiger partial charge in [-0.2, -0.15) is 13.2 Å². The Hall–Kier alpha value is -3.11. The molecule has 0 aliphatic carbocycles. The van der Waals surface area contributed by atoms with E-state index in [1.165, 1.54) is 7.11 Å². The van der Waals surface area contributed by atoms with Crippen molar-refractivity contribution in [3.05, 3.63) is 24.3 Å². The van der Waals surface area contributed by atoms with Crippen LogP contribution in [0.15, 0.2) is 29.3 Å².